The first-order chi connectivity index (χ1) is 9.47. The lowest BCUT2D eigenvalue weighted by atomic mass is 10.0. The van der Waals surface area contributed by atoms with Gasteiger partial charge in [0.15, 0.2) is 0 Å². The minimum absolute atomic E-state index is 0.120. The van der Waals surface area contributed by atoms with Crippen LogP contribution in [-0.2, 0) is 0 Å². The number of rotatable bonds is 3. The summed E-state index contributed by atoms with van der Waals surface area (Å²) >= 11 is 6.78. The summed E-state index contributed by atoms with van der Waals surface area (Å²) in [4.78, 5) is 12.3. The second-order valence-electron chi connectivity index (χ2n) is 4.86. The summed E-state index contributed by atoms with van der Waals surface area (Å²) in [6.07, 6.45) is 0. The summed E-state index contributed by atoms with van der Waals surface area (Å²) in [7, 11) is 0. The zero-order chi connectivity index (χ0) is 14.7. The molecule has 2 rings (SSSR count). The summed E-state index contributed by atoms with van der Waals surface area (Å²) in [6, 6.07) is 13.4. The summed E-state index contributed by atoms with van der Waals surface area (Å²) < 4.78 is 1.70. The second-order valence-corrected chi connectivity index (χ2v) is 6.63. The molecule has 4 heteroatoms. The zero-order valence-corrected chi connectivity index (χ0v) is 14.5. The van der Waals surface area contributed by atoms with Gasteiger partial charge in [0.2, 0.25) is 0 Å². The van der Waals surface area contributed by atoms with E-state index in [-0.39, 0.29) is 5.91 Å². The maximum Gasteiger partial charge on any atom is 0.256 e. The Balaban J connectivity index is 2.21. The molecule has 0 fully saturated rings. The number of halogens is 2. The van der Waals surface area contributed by atoms with E-state index in [1.54, 1.807) is 6.07 Å². The fourth-order valence-electron chi connectivity index (χ4n) is 1.85. The molecule has 0 aliphatic carbocycles. The van der Waals surface area contributed by atoms with Gasteiger partial charge in [0, 0.05) is 14.6 Å². The smallest absolute Gasteiger partial charge is 0.256 e. The average molecular weight is 397 g/mol. The first-order valence-corrected chi connectivity index (χ1v) is 7.92. The quantitative estimate of drug-likeness (QED) is 0.719. The van der Waals surface area contributed by atoms with E-state index in [4.69, 9.17) is 0 Å². The third-order valence-electron chi connectivity index (χ3n) is 2.99. The topological polar surface area (TPSA) is 29.1 Å². The number of benzene rings is 2. The molecule has 0 radical (unpaired) electrons. The van der Waals surface area contributed by atoms with Crippen LogP contribution >= 0.6 is 31.9 Å². The molecule has 0 saturated carbocycles. The van der Waals surface area contributed by atoms with Gasteiger partial charge in [-0.1, -0.05) is 41.9 Å². The van der Waals surface area contributed by atoms with Crippen LogP contribution in [0.25, 0.3) is 0 Å². The van der Waals surface area contributed by atoms with Crippen molar-refractivity contribution in [3.63, 3.8) is 0 Å². The number of carbonyl (C=O) groups excluding carboxylic acids is 1. The van der Waals surface area contributed by atoms with Crippen molar-refractivity contribution in [3.8, 4) is 0 Å². The molecule has 2 aromatic carbocycles. The van der Waals surface area contributed by atoms with Crippen LogP contribution in [0.15, 0.2) is 51.4 Å². The van der Waals surface area contributed by atoms with Gasteiger partial charge in [0.1, 0.15) is 0 Å². The predicted molar refractivity (Wildman–Crippen MR) is 90.3 cm³/mol. The van der Waals surface area contributed by atoms with Crippen LogP contribution in [0.3, 0.4) is 0 Å². The Morgan fingerprint density at radius 1 is 1.10 bits per heavy atom. The zero-order valence-electron chi connectivity index (χ0n) is 11.3. The van der Waals surface area contributed by atoms with Crippen LogP contribution in [0.1, 0.15) is 35.7 Å². The van der Waals surface area contributed by atoms with E-state index < -0.39 is 0 Å². The fraction of sp³-hybridized carbons (Fsp3) is 0.188. The van der Waals surface area contributed by atoms with Gasteiger partial charge < -0.3 is 5.32 Å². The highest BCUT2D eigenvalue weighted by molar-refractivity contribution is 9.11. The van der Waals surface area contributed by atoms with E-state index in [0.29, 0.717) is 11.5 Å². The Morgan fingerprint density at radius 3 is 2.50 bits per heavy atom. The van der Waals surface area contributed by atoms with E-state index in [1.807, 2.05) is 30.3 Å². The molecule has 2 nitrogen and oxygen atoms in total. The minimum atomic E-state index is -0.120. The Morgan fingerprint density at radius 2 is 1.85 bits per heavy atom. The van der Waals surface area contributed by atoms with Crippen molar-refractivity contribution in [2.24, 2.45) is 0 Å². The van der Waals surface area contributed by atoms with Gasteiger partial charge in [-0.25, -0.2) is 0 Å². The third kappa shape index (κ3) is 3.70. The van der Waals surface area contributed by atoms with Gasteiger partial charge in [-0.2, -0.15) is 0 Å². The van der Waals surface area contributed by atoms with Gasteiger partial charge in [0.25, 0.3) is 5.91 Å². The number of anilines is 1. The van der Waals surface area contributed by atoms with E-state index in [1.165, 1.54) is 5.56 Å². The second kappa shape index (κ2) is 6.55. The number of carbonyl (C=O) groups is 1. The predicted octanol–water partition coefficient (Wildman–Crippen LogP) is 5.59. The monoisotopic (exact) mass is 395 g/mol. The van der Waals surface area contributed by atoms with Gasteiger partial charge in [0.05, 0.1) is 5.56 Å². The van der Waals surface area contributed by atoms with E-state index in [0.717, 1.165) is 14.6 Å². The van der Waals surface area contributed by atoms with E-state index in [9.17, 15) is 4.79 Å². The number of amides is 1. The molecule has 20 heavy (non-hydrogen) atoms. The van der Waals surface area contributed by atoms with Crippen LogP contribution in [-0.4, -0.2) is 5.91 Å². The maximum absolute atomic E-state index is 12.3. The fourth-order valence-corrected chi connectivity index (χ4v) is 3.07. The lowest BCUT2D eigenvalue weighted by Crippen LogP contribution is -2.12. The molecule has 0 aliphatic rings. The number of hydrogen-bond donors (Lipinski definition) is 1. The molecular formula is C16H15Br2NO. The van der Waals surface area contributed by atoms with Crippen molar-refractivity contribution in [1.29, 1.82) is 0 Å². The van der Waals surface area contributed by atoms with Crippen molar-refractivity contribution in [2.75, 3.05) is 5.32 Å². The van der Waals surface area contributed by atoms with Crippen LogP contribution in [0.2, 0.25) is 0 Å². The summed E-state index contributed by atoms with van der Waals surface area (Å²) in [5, 5.41) is 2.93. The molecule has 2 aromatic rings. The van der Waals surface area contributed by atoms with Crippen molar-refractivity contribution in [3.05, 3.63) is 62.5 Å². The van der Waals surface area contributed by atoms with Crippen molar-refractivity contribution < 1.29 is 4.79 Å². The molecule has 0 spiro atoms. The minimum Gasteiger partial charge on any atom is -0.322 e. The van der Waals surface area contributed by atoms with Crippen LogP contribution in [0, 0.1) is 0 Å². The molecule has 104 valence electrons. The van der Waals surface area contributed by atoms with Crippen molar-refractivity contribution >= 4 is 43.5 Å². The highest BCUT2D eigenvalue weighted by Gasteiger charge is 2.11. The molecule has 0 saturated heterocycles. The number of hydrogen-bond acceptors (Lipinski definition) is 1. The Labute approximate surface area is 135 Å². The van der Waals surface area contributed by atoms with Gasteiger partial charge in [-0.05, 0) is 57.7 Å². The SMILES string of the molecule is CC(C)c1cccc(NC(=O)c2ccc(Br)cc2Br)c1. The highest BCUT2D eigenvalue weighted by atomic mass is 79.9. The molecule has 0 unspecified atom stereocenters. The summed E-state index contributed by atoms with van der Waals surface area (Å²) in [5.74, 6) is 0.316. The molecule has 1 amide bonds. The van der Waals surface area contributed by atoms with E-state index >= 15 is 0 Å². The van der Waals surface area contributed by atoms with Gasteiger partial charge in [-0.15, -0.1) is 0 Å². The molecule has 0 aliphatic heterocycles. The van der Waals surface area contributed by atoms with E-state index in [2.05, 4.69) is 57.1 Å². The van der Waals surface area contributed by atoms with Crippen molar-refractivity contribution in [2.45, 2.75) is 19.8 Å². The Kier molecular flexibility index (Phi) is 5.00. The largest absolute Gasteiger partial charge is 0.322 e. The van der Waals surface area contributed by atoms with Crippen LogP contribution in [0.4, 0.5) is 5.69 Å². The molecule has 0 aromatic heterocycles. The van der Waals surface area contributed by atoms with Gasteiger partial charge >= 0.3 is 0 Å². The molecule has 0 atom stereocenters. The Bertz CT molecular complexity index is 638. The standard InChI is InChI=1S/C16H15Br2NO/c1-10(2)11-4-3-5-13(8-11)19-16(20)14-7-6-12(17)9-15(14)18/h3-10H,1-2H3,(H,19,20). The normalized spacial score (nSPS) is 10.7. The lowest BCUT2D eigenvalue weighted by molar-refractivity contribution is 0.102. The third-order valence-corrected chi connectivity index (χ3v) is 4.14. The van der Waals surface area contributed by atoms with Gasteiger partial charge in [-0.3, -0.25) is 4.79 Å². The Hall–Kier alpha value is -1.13. The van der Waals surface area contributed by atoms with Crippen LogP contribution < -0.4 is 5.32 Å². The molecular weight excluding hydrogens is 382 g/mol. The summed E-state index contributed by atoms with van der Waals surface area (Å²) in [6.45, 7) is 4.26. The highest BCUT2D eigenvalue weighted by Crippen LogP contribution is 2.24. The molecule has 1 N–H and O–H groups in total. The lowest BCUT2D eigenvalue weighted by Gasteiger charge is -2.10. The van der Waals surface area contributed by atoms with Crippen molar-refractivity contribution in [1.82, 2.24) is 0 Å². The first-order valence-electron chi connectivity index (χ1n) is 6.33. The number of nitrogens with one attached hydrogen (secondary N) is 1. The first kappa shape index (κ1) is 15.3. The van der Waals surface area contributed by atoms with Crippen LogP contribution in [0.5, 0.6) is 0 Å². The summed E-state index contributed by atoms with van der Waals surface area (Å²) in [5.41, 5.74) is 2.64. The maximum atomic E-state index is 12.3. The molecule has 0 heterocycles. The average Bonchev–Trinajstić information content (AvgIpc) is 2.38. The molecule has 0 bridgehead atoms.